The molecule has 0 aromatic heterocycles. The second-order valence-corrected chi connectivity index (χ2v) is 3.31. The maximum atomic E-state index is 4.38. The molecule has 84 valence electrons. The van der Waals surface area contributed by atoms with E-state index in [0.29, 0.717) is 0 Å². The number of hydrogen-bond acceptors (Lipinski definition) is 2. The van der Waals surface area contributed by atoms with Crippen molar-refractivity contribution < 1.29 is 0 Å². The number of allylic oxidation sites excluding steroid dienone is 2. The van der Waals surface area contributed by atoms with Crippen molar-refractivity contribution in [3.8, 4) is 0 Å². The lowest BCUT2D eigenvalue weighted by molar-refractivity contribution is 1.00. The zero-order chi connectivity index (χ0) is 11.7. The third kappa shape index (κ3) is 6.77. The molecule has 0 aliphatic carbocycles. The standard InChI is InChI=1S/C12H21N3/c1-6-8-12(15-11(4)13-5)9-14-10(3)7-2/h7,9H,6,8H2,1-5H3/b10-7-,13-11?,14-9?,15-12?. The second-order valence-electron chi connectivity index (χ2n) is 3.31. The molecule has 0 saturated carbocycles. The Bertz CT molecular complexity index is 296. The van der Waals surface area contributed by atoms with Crippen molar-refractivity contribution >= 4 is 17.8 Å². The van der Waals surface area contributed by atoms with E-state index in [9.17, 15) is 0 Å². The van der Waals surface area contributed by atoms with Gasteiger partial charge in [0.1, 0.15) is 5.84 Å². The van der Waals surface area contributed by atoms with Crippen LogP contribution < -0.4 is 0 Å². The first-order valence-electron chi connectivity index (χ1n) is 5.32. The molecule has 3 heteroatoms. The van der Waals surface area contributed by atoms with E-state index in [4.69, 9.17) is 0 Å². The summed E-state index contributed by atoms with van der Waals surface area (Å²) in [4.78, 5) is 12.7. The van der Waals surface area contributed by atoms with Gasteiger partial charge in [-0.05, 0) is 27.2 Å². The minimum absolute atomic E-state index is 0.794. The fourth-order valence-corrected chi connectivity index (χ4v) is 0.914. The summed E-state index contributed by atoms with van der Waals surface area (Å²) >= 11 is 0. The Morgan fingerprint density at radius 2 is 1.93 bits per heavy atom. The summed E-state index contributed by atoms with van der Waals surface area (Å²) in [6, 6.07) is 0. The molecule has 0 bridgehead atoms. The fraction of sp³-hybridized carbons (Fsp3) is 0.583. The van der Waals surface area contributed by atoms with Gasteiger partial charge >= 0.3 is 0 Å². The molecule has 0 unspecified atom stereocenters. The average molecular weight is 207 g/mol. The van der Waals surface area contributed by atoms with E-state index in [2.05, 4.69) is 21.9 Å². The molecule has 3 nitrogen and oxygen atoms in total. The number of nitrogens with zero attached hydrogens (tertiary/aromatic N) is 3. The monoisotopic (exact) mass is 207 g/mol. The quantitative estimate of drug-likeness (QED) is 0.501. The summed E-state index contributed by atoms with van der Waals surface area (Å²) in [6.07, 6.45) is 5.80. The maximum absolute atomic E-state index is 4.38. The van der Waals surface area contributed by atoms with Crippen molar-refractivity contribution in [1.29, 1.82) is 0 Å². The third-order valence-corrected chi connectivity index (χ3v) is 1.97. The Morgan fingerprint density at radius 3 is 2.40 bits per heavy atom. The van der Waals surface area contributed by atoms with E-state index in [1.165, 1.54) is 0 Å². The minimum Gasteiger partial charge on any atom is -0.274 e. The van der Waals surface area contributed by atoms with Crippen molar-refractivity contribution in [3.63, 3.8) is 0 Å². The smallest absolute Gasteiger partial charge is 0.120 e. The largest absolute Gasteiger partial charge is 0.274 e. The van der Waals surface area contributed by atoms with Crippen molar-refractivity contribution in [2.75, 3.05) is 7.05 Å². The predicted molar refractivity (Wildman–Crippen MR) is 69.3 cm³/mol. The first-order chi connectivity index (χ1) is 7.13. The van der Waals surface area contributed by atoms with Crippen LogP contribution in [0, 0.1) is 0 Å². The highest BCUT2D eigenvalue weighted by Gasteiger charge is 1.95. The lowest BCUT2D eigenvalue weighted by atomic mass is 10.2. The van der Waals surface area contributed by atoms with Crippen LogP contribution in [0.5, 0.6) is 0 Å². The lowest BCUT2D eigenvalue weighted by Gasteiger charge is -1.98. The summed E-state index contributed by atoms with van der Waals surface area (Å²) in [5.74, 6) is 0.794. The molecule has 0 fully saturated rings. The molecule has 0 aliphatic heterocycles. The van der Waals surface area contributed by atoms with Gasteiger partial charge in [-0.3, -0.25) is 9.98 Å². The van der Waals surface area contributed by atoms with Crippen molar-refractivity contribution in [3.05, 3.63) is 11.8 Å². The molecule has 0 rings (SSSR count). The summed E-state index contributed by atoms with van der Waals surface area (Å²) in [7, 11) is 1.75. The molecule has 0 saturated heterocycles. The normalized spacial score (nSPS) is 15.1. The molecule has 0 N–H and O–H groups in total. The van der Waals surface area contributed by atoms with E-state index < -0.39 is 0 Å². The molecule has 0 spiro atoms. The van der Waals surface area contributed by atoms with Gasteiger partial charge in [0.05, 0.1) is 5.71 Å². The number of amidine groups is 1. The predicted octanol–water partition coefficient (Wildman–Crippen LogP) is 3.27. The highest BCUT2D eigenvalue weighted by atomic mass is 14.9. The molecular weight excluding hydrogens is 186 g/mol. The van der Waals surface area contributed by atoms with Gasteiger partial charge in [0.25, 0.3) is 0 Å². The first kappa shape index (κ1) is 13.8. The molecular formula is C12H21N3. The van der Waals surface area contributed by atoms with E-state index in [-0.39, 0.29) is 0 Å². The third-order valence-electron chi connectivity index (χ3n) is 1.97. The topological polar surface area (TPSA) is 37.1 Å². The van der Waals surface area contributed by atoms with Gasteiger partial charge in [0.15, 0.2) is 0 Å². The highest BCUT2D eigenvalue weighted by molar-refractivity contribution is 6.32. The highest BCUT2D eigenvalue weighted by Crippen LogP contribution is 1.96. The van der Waals surface area contributed by atoms with E-state index in [1.807, 2.05) is 33.1 Å². The Morgan fingerprint density at radius 1 is 1.27 bits per heavy atom. The van der Waals surface area contributed by atoms with Crippen LogP contribution >= 0.6 is 0 Å². The average Bonchev–Trinajstić information content (AvgIpc) is 2.25. The Balaban J connectivity index is 4.68. The molecule has 15 heavy (non-hydrogen) atoms. The van der Waals surface area contributed by atoms with Gasteiger partial charge in [0.2, 0.25) is 0 Å². The summed E-state index contributed by atoms with van der Waals surface area (Å²) in [5.41, 5.74) is 1.99. The maximum Gasteiger partial charge on any atom is 0.120 e. The second kappa shape index (κ2) is 8.09. The van der Waals surface area contributed by atoms with Crippen LogP contribution in [0.2, 0.25) is 0 Å². The van der Waals surface area contributed by atoms with Gasteiger partial charge in [-0.1, -0.05) is 19.4 Å². The molecule has 0 heterocycles. The van der Waals surface area contributed by atoms with Crippen molar-refractivity contribution in [2.45, 2.75) is 40.5 Å². The number of rotatable bonds is 4. The van der Waals surface area contributed by atoms with Crippen LogP contribution in [0.4, 0.5) is 0 Å². The molecule has 0 aliphatic rings. The van der Waals surface area contributed by atoms with Gasteiger partial charge in [-0.25, -0.2) is 4.99 Å². The minimum atomic E-state index is 0.794. The van der Waals surface area contributed by atoms with Crippen LogP contribution in [0.25, 0.3) is 0 Å². The van der Waals surface area contributed by atoms with Crippen LogP contribution in [0.15, 0.2) is 26.8 Å². The van der Waals surface area contributed by atoms with Crippen LogP contribution in [-0.4, -0.2) is 24.8 Å². The van der Waals surface area contributed by atoms with Crippen molar-refractivity contribution in [1.82, 2.24) is 0 Å². The van der Waals surface area contributed by atoms with E-state index >= 15 is 0 Å². The van der Waals surface area contributed by atoms with E-state index in [0.717, 1.165) is 30.1 Å². The fourth-order valence-electron chi connectivity index (χ4n) is 0.914. The van der Waals surface area contributed by atoms with Crippen LogP contribution in [0.1, 0.15) is 40.5 Å². The summed E-state index contributed by atoms with van der Waals surface area (Å²) < 4.78 is 0. The summed E-state index contributed by atoms with van der Waals surface area (Å²) in [6.45, 7) is 7.97. The summed E-state index contributed by atoms with van der Waals surface area (Å²) in [5, 5.41) is 0. The van der Waals surface area contributed by atoms with Gasteiger partial charge < -0.3 is 0 Å². The molecule has 0 aromatic carbocycles. The zero-order valence-corrected chi connectivity index (χ0v) is 10.4. The van der Waals surface area contributed by atoms with Crippen LogP contribution in [0.3, 0.4) is 0 Å². The molecule has 0 amide bonds. The molecule has 0 atom stereocenters. The van der Waals surface area contributed by atoms with E-state index in [1.54, 1.807) is 7.05 Å². The number of hydrogen-bond donors (Lipinski definition) is 0. The molecule has 0 aromatic rings. The van der Waals surface area contributed by atoms with Crippen LogP contribution in [-0.2, 0) is 0 Å². The Hall–Kier alpha value is -1.25. The lowest BCUT2D eigenvalue weighted by Crippen LogP contribution is -2.03. The number of aliphatic imine (C=N–C) groups is 3. The Labute approximate surface area is 92.7 Å². The van der Waals surface area contributed by atoms with Gasteiger partial charge in [0, 0.05) is 19.0 Å². The first-order valence-corrected chi connectivity index (χ1v) is 5.32. The SMILES string of the molecule is C/C=C(/C)N=CC(CCC)=NC(C)=NC. The van der Waals surface area contributed by atoms with Gasteiger partial charge in [-0.15, -0.1) is 0 Å². The zero-order valence-electron chi connectivity index (χ0n) is 10.4. The Kier molecular flexibility index (Phi) is 7.42. The van der Waals surface area contributed by atoms with Gasteiger partial charge in [-0.2, -0.15) is 0 Å². The molecule has 0 radical (unpaired) electrons. The van der Waals surface area contributed by atoms with Crippen molar-refractivity contribution in [2.24, 2.45) is 15.0 Å².